The van der Waals surface area contributed by atoms with E-state index in [1.807, 2.05) is 19.3 Å². The van der Waals surface area contributed by atoms with Crippen molar-refractivity contribution in [2.45, 2.75) is 39.3 Å². The maximum atomic E-state index is 5.46. The number of ether oxygens (including phenoxy) is 1. The third-order valence-electron chi connectivity index (χ3n) is 6.10. The van der Waals surface area contributed by atoms with Gasteiger partial charge < -0.3 is 20.3 Å². The third kappa shape index (κ3) is 6.36. The monoisotopic (exact) mass is 438 g/mol. The Hall–Kier alpha value is -2.80. The molecule has 0 radical (unpaired) electrons. The van der Waals surface area contributed by atoms with Crippen molar-refractivity contribution in [2.24, 2.45) is 4.99 Å². The summed E-state index contributed by atoms with van der Waals surface area (Å²) in [5.41, 5.74) is 2.40. The van der Waals surface area contributed by atoms with Crippen molar-refractivity contribution in [3.63, 3.8) is 0 Å². The Bertz CT molecular complexity index is 844. The number of likely N-dealkylation sites (tertiary alicyclic amines) is 1. The van der Waals surface area contributed by atoms with Crippen LogP contribution in [0.5, 0.6) is 5.75 Å². The van der Waals surface area contributed by atoms with Gasteiger partial charge in [-0.3, -0.25) is 9.89 Å². The molecule has 32 heavy (non-hydrogen) atoms. The van der Waals surface area contributed by atoms with E-state index < -0.39 is 0 Å². The zero-order valence-corrected chi connectivity index (χ0v) is 20.0. The van der Waals surface area contributed by atoms with E-state index in [4.69, 9.17) is 4.74 Å². The summed E-state index contributed by atoms with van der Waals surface area (Å²) in [6.07, 6.45) is 4.45. The van der Waals surface area contributed by atoms with Gasteiger partial charge in [-0.25, -0.2) is 4.98 Å². The van der Waals surface area contributed by atoms with E-state index >= 15 is 0 Å². The summed E-state index contributed by atoms with van der Waals surface area (Å²) in [4.78, 5) is 13.8. The molecule has 0 aliphatic carbocycles. The molecule has 1 aromatic carbocycles. The van der Waals surface area contributed by atoms with Crippen molar-refractivity contribution in [2.75, 3.05) is 51.8 Å². The van der Waals surface area contributed by atoms with Crippen LogP contribution in [0.1, 0.15) is 43.9 Å². The summed E-state index contributed by atoms with van der Waals surface area (Å²) in [6.45, 7) is 9.94. The Morgan fingerprint density at radius 1 is 1.16 bits per heavy atom. The van der Waals surface area contributed by atoms with Crippen LogP contribution in [-0.2, 0) is 6.54 Å². The van der Waals surface area contributed by atoms with E-state index in [-0.39, 0.29) is 6.04 Å². The average molecular weight is 439 g/mol. The van der Waals surface area contributed by atoms with E-state index in [2.05, 4.69) is 74.6 Å². The standard InChI is InChI=1S/C25H38N6O/c1-5-30(6-2)24-13-12-20(17-27-24)18-28-25(26-3)29-19-23(31-14-7-8-15-31)21-10-9-11-22(16-21)32-4/h9-13,16-17,23H,5-8,14-15,18-19H2,1-4H3,(H2,26,28,29). The van der Waals surface area contributed by atoms with Gasteiger partial charge in [-0.05, 0) is 69.1 Å². The second-order valence-electron chi connectivity index (χ2n) is 8.04. The number of guanidine groups is 1. The molecule has 1 aliphatic rings. The van der Waals surface area contributed by atoms with E-state index in [0.717, 1.165) is 55.8 Å². The van der Waals surface area contributed by atoms with Crippen molar-refractivity contribution in [1.82, 2.24) is 20.5 Å². The second kappa shape index (κ2) is 12.3. The van der Waals surface area contributed by atoms with Crippen molar-refractivity contribution in [1.29, 1.82) is 0 Å². The van der Waals surface area contributed by atoms with Crippen LogP contribution in [-0.4, -0.2) is 62.7 Å². The second-order valence-corrected chi connectivity index (χ2v) is 8.04. The highest BCUT2D eigenvalue weighted by Crippen LogP contribution is 2.27. The minimum Gasteiger partial charge on any atom is -0.497 e. The quantitative estimate of drug-likeness (QED) is 0.438. The lowest BCUT2D eigenvalue weighted by Gasteiger charge is -2.29. The summed E-state index contributed by atoms with van der Waals surface area (Å²) < 4.78 is 5.46. The van der Waals surface area contributed by atoms with Crippen LogP contribution < -0.4 is 20.3 Å². The van der Waals surface area contributed by atoms with E-state index in [1.54, 1.807) is 7.11 Å². The van der Waals surface area contributed by atoms with Gasteiger partial charge in [0.2, 0.25) is 0 Å². The molecule has 1 aromatic heterocycles. The van der Waals surface area contributed by atoms with Gasteiger partial charge >= 0.3 is 0 Å². The van der Waals surface area contributed by atoms with Crippen LogP contribution in [0.25, 0.3) is 0 Å². The first kappa shape index (κ1) is 23.9. The molecule has 174 valence electrons. The van der Waals surface area contributed by atoms with Crippen molar-refractivity contribution >= 4 is 11.8 Å². The molecule has 7 heteroatoms. The minimum atomic E-state index is 0.279. The Balaban J connectivity index is 1.59. The predicted molar refractivity (Wildman–Crippen MR) is 133 cm³/mol. The number of aromatic nitrogens is 1. The lowest BCUT2D eigenvalue weighted by atomic mass is 10.1. The van der Waals surface area contributed by atoms with Gasteiger partial charge in [0.1, 0.15) is 11.6 Å². The fourth-order valence-corrected chi connectivity index (χ4v) is 4.22. The highest BCUT2D eigenvalue weighted by molar-refractivity contribution is 5.79. The molecule has 2 aromatic rings. The first-order valence-corrected chi connectivity index (χ1v) is 11.7. The molecule has 1 saturated heterocycles. The van der Waals surface area contributed by atoms with Gasteiger partial charge in [-0.1, -0.05) is 18.2 Å². The first-order valence-electron chi connectivity index (χ1n) is 11.7. The summed E-state index contributed by atoms with van der Waals surface area (Å²) in [5.74, 6) is 2.72. The Morgan fingerprint density at radius 2 is 1.94 bits per heavy atom. The van der Waals surface area contributed by atoms with E-state index in [1.165, 1.54) is 18.4 Å². The molecule has 3 rings (SSSR count). The molecule has 2 N–H and O–H groups in total. The molecule has 0 saturated carbocycles. The molecule has 0 amide bonds. The number of pyridine rings is 1. The van der Waals surface area contributed by atoms with Crippen molar-refractivity contribution in [3.05, 3.63) is 53.7 Å². The summed E-state index contributed by atoms with van der Waals surface area (Å²) in [6, 6.07) is 12.9. The summed E-state index contributed by atoms with van der Waals surface area (Å²) in [5, 5.41) is 6.95. The van der Waals surface area contributed by atoms with Crippen LogP contribution >= 0.6 is 0 Å². The maximum absolute atomic E-state index is 5.46. The van der Waals surface area contributed by atoms with Gasteiger partial charge in [0.15, 0.2) is 5.96 Å². The SMILES string of the molecule is CCN(CC)c1ccc(CNC(=NC)NCC(c2cccc(OC)c2)N2CCCC2)cn1. The number of anilines is 1. The molecule has 0 spiro atoms. The average Bonchev–Trinajstić information content (AvgIpc) is 3.37. The molecule has 0 bridgehead atoms. The minimum absolute atomic E-state index is 0.279. The van der Waals surface area contributed by atoms with Crippen LogP contribution in [0.2, 0.25) is 0 Å². The molecular weight excluding hydrogens is 400 g/mol. The van der Waals surface area contributed by atoms with Crippen LogP contribution in [0.15, 0.2) is 47.6 Å². The number of hydrogen-bond donors (Lipinski definition) is 2. The number of nitrogens with zero attached hydrogens (tertiary/aromatic N) is 4. The smallest absolute Gasteiger partial charge is 0.191 e. The molecule has 2 heterocycles. The highest BCUT2D eigenvalue weighted by Gasteiger charge is 2.24. The summed E-state index contributed by atoms with van der Waals surface area (Å²) in [7, 11) is 3.53. The van der Waals surface area contributed by atoms with Crippen molar-refractivity contribution < 1.29 is 4.74 Å². The molecule has 7 nitrogen and oxygen atoms in total. The lowest BCUT2D eigenvalue weighted by molar-refractivity contribution is 0.245. The maximum Gasteiger partial charge on any atom is 0.191 e. The number of hydrogen-bond acceptors (Lipinski definition) is 5. The predicted octanol–water partition coefficient (Wildman–Crippen LogP) is 3.44. The van der Waals surface area contributed by atoms with Gasteiger partial charge in [-0.15, -0.1) is 0 Å². The fourth-order valence-electron chi connectivity index (χ4n) is 4.22. The first-order chi connectivity index (χ1) is 15.7. The fraction of sp³-hybridized carbons (Fsp3) is 0.520. The van der Waals surface area contributed by atoms with Crippen LogP contribution in [0.3, 0.4) is 0 Å². The number of aliphatic imine (C=N–C) groups is 1. The normalized spacial score (nSPS) is 15.4. The van der Waals surface area contributed by atoms with Crippen molar-refractivity contribution in [3.8, 4) is 5.75 Å². The topological polar surface area (TPSA) is 65.0 Å². The number of benzene rings is 1. The number of methoxy groups -OCH3 is 1. The van der Waals surface area contributed by atoms with Crippen LogP contribution in [0, 0.1) is 0 Å². The largest absolute Gasteiger partial charge is 0.497 e. The van der Waals surface area contributed by atoms with Gasteiger partial charge in [-0.2, -0.15) is 0 Å². The Morgan fingerprint density at radius 3 is 2.56 bits per heavy atom. The van der Waals surface area contributed by atoms with E-state index in [9.17, 15) is 0 Å². The molecule has 1 atom stereocenters. The third-order valence-corrected chi connectivity index (χ3v) is 6.10. The molecule has 1 aliphatic heterocycles. The summed E-state index contributed by atoms with van der Waals surface area (Å²) >= 11 is 0. The highest BCUT2D eigenvalue weighted by atomic mass is 16.5. The molecule has 1 fully saturated rings. The Kier molecular flexibility index (Phi) is 9.16. The van der Waals surface area contributed by atoms with Gasteiger partial charge in [0.25, 0.3) is 0 Å². The van der Waals surface area contributed by atoms with Crippen LogP contribution in [0.4, 0.5) is 5.82 Å². The van der Waals surface area contributed by atoms with Gasteiger partial charge in [0.05, 0.1) is 13.2 Å². The number of rotatable bonds is 10. The molecule has 1 unspecified atom stereocenters. The van der Waals surface area contributed by atoms with Gasteiger partial charge in [0, 0.05) is 39.4 Å². The zero-order chi connectivity index (χ0) is 22.8. The van der Waals surface area contributed by atoms with E-state index in [0.29, 0.717) is 6.54 Å². The Labute approximate surface area is 192 Å². The zero-order valence-electron chi connectivity index (χ0n) is 20.0. The lowest BCUT2D eigenvalue weighted by Crippen LogP contribution is -2.42. The number of nitrogens with one attached hydrogen (secondary N) is 2. The molecular formula is C25H38N6O.